The molecule has 1 aromatic heterocycles. The normalized spacial score (nSPS) is 26.5. The Labute approximate surface area is 227 Å². The van der Waals surface area contributed by atoms with Crippen molar-refractivity contribution in [1.29, 1.82) is 0 Å². The highest BCUT2D eigenvalue weighted by molar-refractivity contribution is 6.26. The van der Waals surface area contributed by atoms with E-state index in [1.807, 2.05) is 30.5 Å². The van der Waals surface area contributed by atoms with Gasteiger partial charge in [-0.1, -0.05) is 18.2 Å². The zero-order valence-electron chi connectivity index (χ0n) is 21.1. The van der Waals surface area contributed by atoms with E-state index >= 15 is 0 Å². The summed E-state index contributed by atoms with van der Waals surface area (Å²) in [4.78, 5) is 46.5. The molecular formula is C30H23FN4O5. The lowest BCUT2D eigenvalue weighted by atomic mass is 9.76. The van der Waals surface area contributed by atoms with Crippen LogP contribution in [0.5, 0.6) is 11.5 Å². The van der Waals surface area contributed by atoms with E-state index in [4.69, 9.17) is 9.47 Å². The lowest BCUT2D eigenvalue weighted by Crippen LogP contribution is -2.53. The number of aromatic amines is 1. The van der Waals surface area contributed by atoms with Gasteiger partial charge < -0.3 is 19.8 Å². The number of imide groups is 1. The number of hydrogen-bond donors (Lipinski definition) is 3. The minimum Gasteiger partial charge on any atom is -0.486 e. The standard InChI is InChI=1S/C30H23FN4O5/c31-16-5-7-21-19(12-16)30(29(38)33-21)26-25(22(34-30)11-15-14-32-20-4-2-1-3-18(15)20)27(36)35(28(26)37)17-6-8-23-24(13-17)40-10-9-39-23/h1-8,12-14,22,25-26,32,34H,9-11H2,(H,33,38)/t22-,25+,26-,30+/m0/s1. The molecule has 4 aliphatic heterocycles. The molecule has 5 heterocycles. The van der Waals surface area contributed by atoms with Gasteiger partial charge in [-0.05, 0) is 48.4 Å². The van der Waals surface area contributed by atoms with Crippen LogP contribution in [0.2, 0.25) is 0 Å². The summed E-state index contributed by atoms with van der Waals surface area (Å²) in [6.07, 6.45) is 2.26. The fourth-order valence-corrected chi connectivity index (χ4v) is 6.91. The van der Waals surface area contributed by atoms with Crippen LogP contribution >= 0.6 is 0 Å². The highest BCUT2D eigenvalue weighted by Gasteiger charge is 2.70. The van der Waals surface area contributed by atoms with E-state index in [1.54, 1.807) is 18.2 Å². The van der Waals surface area contributed by atoms with E-state index in [0.29, 0.717) is 48.1 Å². The van der Waals surface area contributed by atoms with Crippen molar-refractivity contribution in [3.63, 3.8) is 0 Å². The summed E-state index contributed by atoms with van der Waals surface area (Å²) in [5.74, 6) is -2.92. The molecule has 0 aliphatic carbocycles. The summed E-state index contributed by atoms with van der Waals surface area (Å²) in [6, 6.07) is 16.2. The predicted molar refractivity (Wildman–Crippen MR) is 143 cm³/mol. The SMILES string of the molecule is O=C1[C@@H]2[C@H](Cc3c[nH]c4ccccc34)N[C@@]3(C(=O)Nc4ccc(F)cc43)[C@@H]2C(=O)N1c1ccc2c(c1)OCCO2. The van der Waals surface area contributed by atoms with Crippen molar-refractivity contribution >= 4 is 40.0 Å². The quantitative estimate of drug-likeness (QED) is 0.346. The van der Waals surface area contributed by atoms with Crippen molar-refractivity contribution < 1.29 is 28.2 Å². The number of rotatable bonds is 3. The van der Waals surface area contributed by atoms with Gasteiger partial charge in [-0.2, -0.15) is 0 Å². The topological polar surface area (TPSA) is 113 Å². The van der Waals surface area contributed by atoms with Crippen LogP contribution in [-0.2, 0) is 26.3 Å². The van der Waals surface area contributed by atoms with Crippen LogP contribution in [0.15, 0.2) is 66.9 Å². The van der Waals surface area contributed by atoms with Gasteiger partial charge in [0, 0.05) is 40.5 Å². The predicted octanol–water partition coefficient (Wildman–Crippen LogP) is 3.25. The number of carbonyl (C=O) groups excluding carboxylic acids is 3. The molecular weight excluding hydrogens is 515 g/mol. The molecule has 4 atom stereocenters. The van der Waals surface area contributed by atoms with Gasteiger partial charge in [-0.15, -0.1) is 0 Å². The molecule has 8 rings (SSSR count). The molecule has 0 unspecified atom stereocenters. The summed E-state index contributed by atoms with van der Waals surface area (Å²) < 4.78 is 25.9. The maximum Gasteiger partial charge on any atom is 0.250 e. The van der Waals surface area contributed by atoms with Crippen LogP contribution in [0.4, 0.5) is 15.8 Å². The molecule has 3 aromatic carbocycles. The van der Waals surface area contributed by atoms with Gasteiger partial charge in [0.25, 0.3) is 0 Å². The van der Waals surface area contributed by atoms with Gasteiger partial charge >= 0.3 is 0 Å². The molecule has 0 radical (unpaired) electrons. The Balaban J connectivity index is 1.27. The van der Waals surface area contributed by atoms with Gasteiger partial charge in [-0.3, -0.25) is 19.7 Å². The zero-order valence-corrected chi connectivity index (χ0v) is 21.1. The average Bonchev–Trinajstić information content (AvgIpc) is 3.67. The third kappa shape index (κ3) is 3.02. The third-order valence-electron chi connectivity index (χ3n) is 8.58. The minimum atomic E-state index is -1.60. The number of ether oxygens (including phenoxy) is 2. The third-order valence-corrected chi connectivity index (χ3v) is 8.58. The number of nitrogens with one attached hydrogen (secondary N) is 3. The van der Waals surface area contributed by atoms with Crippen molar-refractivity contribution in [1.82, 2.24) is 10.3 Å². The zero-order chi connectivity index (χ0) is 27.2. The number of benzene rings is 3. The maximum atomic E-state index is 14.6. The van der Waals surface area contributed by atoms with E-state index < -0.39 is 47.0 Å². The Morgan fingerprint density at radius 2 is 1.77 bits per heavy atom. The molecule has 9 nitrogen and oxygen atoms in total. The monoisotopic (exact) mass is 538 g/mol. The fourth-order valence-electron chi connectivity index (χ4n) is 6.91. The van der Waals surface area contributed by atoms with E-state index in [2.05, 4.69) is 15.6 Å². The number of nitrogens with zero attached hydrogens (tertiary/aromatic N) is 1. The van der Waals surface area contributed by atoms with Gasteiger partial charge in [0.15, 0.2) is 11.5 Å². The first-order valence-corrected chi connectivity index (χ1v) is 13.2. The summed E-state index contributed by atoms with van der Waals surface area (Å²) in [5, 5.41) is 7.19. The summed E-state index contributed by atoms with van der Waals surface area (Å²) in [5.41, 5.74) is 1.38. The summed E-state index contributed by atoms with van der Waals surface area (Å²) in [7, 11) is 0. The van der Waals surface area contributed by atoms with E-state index in [-0.39, 0.29) is 0 Å². The molecule has 1 spiro atoms. The second-order valence-corrected chi connectivity index (χ2v) is 10.6. The van der Waals surface area contributed by atoms with Crippen LogP contribution in [-0.4, -0.2) is 42.0 Å². The lowest BCUT2D eigenvalue weighted by Gasteiger charge is -2.30. The molecule has 4 aliphatic rings. The molecule has 200 valence electrons. The second-order valence-electron chi connectivity index (χ2n) is 10.6. The number of carbonyl (C=O) groups is 3. The lowest BCUT2D eigenvalue weighted by molar-refractivity contribution is -0.130. The average molecular weight is 539 g/mol. The first-order chi connectivity index (χ1) is 19.5. The van der Waals surface area contributed by atoms with Crippen molar-refractivity contribution in [3.05, 3.63) is 83.8 Å². The van der Waals surface area contributed by atoms with Crippen molar-refractivity contribution in [3.8, 4) is 11.5 Å². The summed E-state index contributed by atoms with van der Waals surface area (Å²) >= 11 is 0. The number of anilines is 2. The molecule has 3 amide bonds. The molecule has 4 aromatic rings. The van der Waals surface area contributed by atoms with Gasteiger partial charge in [0.05, 0.1) is 17.5 Å². The maximum absolute atomic E-state index is 14.6. The number of hydrogen-bond acceptors (Lipinski definition) is 6. The van der Waals surface area contributed by atoms with Crippen molar-refractivity contribution in [2.75, 3.05) is 23.4 Å². The van der Waals surface area contributed by atoms with Crippen molar-refractivity contribution in [2.45, 2.75) is 18.0 Å². The molecule has 0 bridgehead atoms. The van der Waals surface area contributed by atoms with Crippen LogP contribution in [0.25, 0.3) is 10.9 Å². The second kappa shape index (κ2) is 8.15. The minimum absolute atomic E-state index is 0.333. The Kier molecular flexibility index (Phi) is 4.73. The number of aromatic nitrogens is 1. The number of halogens is 1. The fraction of sp³-hybridized carbons (Fsp3) is 0.233. The van der Waals surface area contributed by atoms with Crippen LogP contribution in [0.1, 0.15) is 11.1 Å². The molecule has 10 heteroatoms. The van der Waals surface area contributed by atoms with Crippen molar-refractivity contribution in [2.24, 2.45) is 11.8 Å². The highest BCUT2D eigenvalue weighted by Crippen LogP contribution is 2.54. The Hall–Kier alpha value is -4.70. The summed E-state index contributed by atoms with van der Waals surface area (Å²) in [6.45, 7) is 0.763. The number of amides is 3. The molecule has 2 fully saturated rings. The van der Waals surface area contributed by atoms with Crippen LogP contribution in [0, 0.1) is 17.7 Å². The largest absolute Gasteiger partial charge is 0.486 e. The first kappa shape index (κ1) is 23.2. The number of para-hydroxylation sites is 1. The molecule has 3 N–H and O–H groups in total. The van der Waals surface area contributed by atoms with Gasteiger partial charge in [0.2, 0.25) is 17.7 Å². The van der Waals surface area contributed by atoms with E-state index in [9.17, 15) is 18.8 Å². The first-order valence-electron chi connectivity index (χ1n) is 13.2. The highest BCUT2D eigenvalue weighted by atomic mass is 19.1. The van der Waals surface area contributed by atoms with Gasteiger partial charge in [-0.25, -0.2) is 9.29 Å². The molecule has 0 saturated carbocycles. The van der Waals surface area contributed by atoms with Gasteiger partial charge in [0.1, 0.15) is 24.6 Å². The van der Waals surface area contributed by atoms with Crippen LogP contribution < -0.4 is 25.0 Å². The Morgan fingerprint density at radius 3 is 2.65 bits per heavy atom. The smallest absolute Gasteiger partial charge is 0.250 e. The molecule has 40 heavy (non-hydrogen) atoms. The number of H-pyrrole nitrogens is 1. The molecule has 2 saturated heterocycles. The van der Waals surface area contributed by atoms with E-state index in [1.165, 1.54) is 18.2 Å². The Morgan fingerprint density at radius 1 is 0.950 bits per heavy atom. The Bertz CT molecular complexity index is 1770. The van der Waals surface area contributed by atoms with E-state index in [0.717, 1.165) is 21.4 Å². The number of fused-ring (bicyclic) bond motifs is 6. The van der Waals surface area contributed by atoms with Crippen LogP contribution in [0.3, 0.4) is 0 Å².